The Hall–Kier alpha value is -4.82. The molecule has 4 aromatic rings. The predicted molar refractivity (Wildman–Crippen MR) is 190 cm³/mol. The number of hydrogen-bond acceptors (Lipinski definition) is 7. The van der Waals surface area contributed by atoms with Gasteiger partial charge in [0.2, 0.25) is 0 Å². The zero-order valence-electron chi connectivity index (χ0n) is 28.7. The number of unbranched alkanes of at least 4 members (excludes halogenated alkanes) is 3. The van der Waals surface area contributed by atoms with Gasteiger partial charge in [0.15, 0.2) is 0 Å². The molecule has 0 saturated carbocycles. The highest BCUT2D eigenvalue weighted by Crippen LogP contribution is 2.41. The molecule has 0 spiro atoms. The SMILES string of the molecule is COc1ccc(C(OCCCCCCNC(=O)c2cc(NC(C)C)ccc2COC(C)=O)(c2ccccc2)c2ccc(OC)cc2)cc1. The molecular formula is C40H48N2O6. The summed E-state index contributed by atoms with van der Waals surface area (Å²) < 4.78 is 23.0. The van der Waals surface area contributed by atoms with Gasteiger partial charge in [-0.05, 0) is 79.8 Å². The molecule has 48 heavy (non-hydrogen) atoms. The molecule has 0 bridgehead atoms. The molecule has 254 valence electrons. The van der Waals surface area contributed by atoms with Crippen molar-refractivity contribution in [2.24, 2.45) is 0 Å². The van der Waals surface area contributed by atoms with E-state index in [0.717, 1.165) is 59.6 Å². The number of hydrogen-bond donors (Lipinski definition) is 2. The third-order valence-electron chi connectivity index (χ3n) is 8.09. The maximum atomic E-state index is 13.2. The average Bonchev–Trinajstić information content (AvgIpc) is 3.10. The third-order valence-corrected chi connectivity index (χ3v) is 8.09. The molecule has 4 aromatic carbocycles. The number of carbonyl (C=O) groups is 2. The smallest absolute Gasteiger partial charge is 0.302 e. The van der Waals surface area contributed by atoms with Crippen molar-refractivity contribution in [2.45, 2.75) is 64.7 Å². The van der Waals surface area contributed by atoms with Gasteiger partial charge in [0, 0.05) is 42.9 Å². The molecule has 8 heteroatoms. The second-order valence-electron chi connectivity index (χ2n) is 12.0. The summed E-state index contributed by atoms with van der Waals surface area (Å²) in [6.45, 7) is 6.57. The van der Waals surface area contributed by atoms with Crippen LogP contribution in [0, 0.1) is 0 Å². The van der Waals surface area contributed by atoms with Gasteiger partial charge in [0.25, 0.3) is 5.91 Å². The van der Waals surface area contributed by atoms with Crippen LogP contribution in [0.5, 0.6) is 11.5 Å². The van der Waals surface area contributed by atoms with E-state index in [2.05, 4.69) is 47.0 Å². The van der Waals surface area contributed by atoms with E-state index in [-0.39, 0.29) is 24.5 Å². The van der Waals surface area contributed by atoms with Crippen LogP contribution >= 0.6 is 0 Å². The van der Waals surface area contributed by atoms with Gasteiger partial charge in [-0.15, -0.1) is 0 Å². The number of rotatable bonds is 18. The number of anilines is 1. The minimum atomic E-state index is -0.837. The average molecular weight is 653 g/mol. The fourth-order valence-corrected chi connectivity index (χ4v) is 5.69. The molecule has 0 aliphatic rings. The van der Waals surface area contributed by atoms with Crippen LogP contribution in [0.4, 0.5) is 5.69 Å². The Morgan fingerprint density at radius 2 is 1.31 bits per heavy atom. The summed E-state index contributed by atoms with van der Waals surface area (Å²) in [4.78, 5) is 24.6. The molecule has 0 fully saturated rings. The second kappa shape index (κ2) is 17.9. The van der Waals surface area contributed by atoms with Gasteiger partial charge in [-0.25, -0.2) is 0 Å². The summed E-state index contributed by atoms with van der Waals surface area (Å²) in [5.41, 5.74) is 4.22. The van der Waals surface area contributed by atoms with Crippen LogP contribution in [0.25, 0.3) is 0 Å². The predicted octanol–water partition coefficient (Wildman–Crippen LogP) is 7.89. The summed E-state index contributed by atoms with van der Waals surface area (Å²) in [6, 6.07) is 32.1. The van der Waals surface area contributed by atoms with Crippen molar-refractivity contribution in [1.82, 2.24) is 5.32 Å². The molecule has 0 unspecified atom stereocenters. The first kappa shape index (κ1) is 36.0. The Balaban J connectivity index is 1.39. The van der Waals surface area contributed by atoms with Crippen LogP contribution in [-0.4, -0.2) is 45.3 Å². The van der Waals surface area contributed by atoms with Gasteiger partial charge in [-0.2, -0.15) is 0 Å². The van der Waals surface area contributed by atoms with Crippen LogP contribution in [0.3, 0.4) is 0 Å². The maximum Gasteiger partial charge on any atom is 0.302 e. The lowest BCUT2D eigenvalue weighted by Crippen LogP contribution is -2.33. The molecule has 2 N–H and O–H groups in total. The summed E-state index contributed by atoms with van der Waals surface area (Å²) in [7, 11) is 3.33. The number of carbonyl (C=O) groups excluding carboxylic acids is 2. The third kappa shape index (κ3) is 9.61. The maximum absolute atomic E-state index is 13.2. The lowest BCUT2D eigenvalue weighted by atomic mass is 9.80. The lowest BCUT2D eigenvalue weighted by Gasteiger charge is -2.36. The first-order valence-corrected chi connectivity index (χ1v) is 16.6. The summed E-state index contributed by atoms with van der Waals surface area (Å²) in [6.07, 6.45) is 3.56. The molecule has 8 nitrogen and oxygen atoms in total. The van der Waals surface area contributed by atoms with E-state index in [0.29, 0.717) is 24.3 Å². The fourth-order valence-electron chi connectivity index (χ4n) is 5.69. The lowest BCUT2D eigenvalue weighted by molar-refractivity contribution is -0.142. The molecular weight excluding hydrogens is 604 g/mol. The summed E-state index contributed by atoms with van der Waals surface area (Å²) in [5, 5.41) is 6.38. The minimum absolute atomic E-state index is 0.0531. The number of benzene rings is 4. The summed E-state index contributed by atoms with van der Waals surface area (Å²) >= 11 is 0. The van der Waals surface area contributed by atoms with E-state index in [9.17, 15) is 9.59 Å². The van der Waals surface area contributed by atoms with Gasteiger partial charge >= 0.3 is 5.97 Å². The number of esters is 1. The number of ether oxygens (including phenoxy) is 4. The van der Waals surface area contributed by atoms with E-state index in [1.165, 1.54) is 6.92 Å². The van der Waals surface area contributed by atoms with Gasteiger partial charge < -0.3 is 29.6 Å². The van der Waals surface area contributed by atoms with Gasteiger partial charge in [0.05, 0.1) is 14.2 Å². The van der Waals surface area contributed by atoms with Crippen LogP contribution < -0.4 is 20.1 Å². The van der Waals surface area contributed by atoms with Crippen molar-refractivity contribution in [1.29, 1.82) is 0 Å². The fraction of sp³-hybridized carbons (Fsp3) is 0.350. The first-order chi connectivity index (χ1) is 23.3. The highest BCUT2D eigenvalue weighted by atomic mass is 16.5. The number of nitrogens with one attached hydrogen (secondary N) is 2. The topological polar surface area (TPSA) is 95.1 Å². The highest BCUT2D eigenvalue weighted by molar-refractivity contribution is 5.96. The Morgan fingerprint density at radius 1 is 0.729 bits per heavy atom. The second-order valence-corrected chi connectivity index (χ2v) is 12.0. The van der Waals surface area contributed by atoms with E-state index < -0.39 is 5.60 Å². The Labute approximate surface area is 284 Å². The van der Waals surface area contributed by atoms with Crippen molar-refractivity contribution < 1.29 is 28.5 Å². The molecule has 1 amide bonds. The quantitative estimate of drug-likeness (QED) is 0.0641. The van der Waals surface area contributed by atoms with Crippen molar-refractivity contribution in [3.8, 4) is 11.5 Å². The van der Waals surface area contributed by atoms with Crippen molar-refractivity contribution >= 4 is 17.6 Å². The van der Waals surface area contributed by atoms with Gasteiger partial charge in [0.1, 0.15) is 23.7 Å². The standard InChI is InChI=1S/C40H48N2O6/c1-29(2)42-35-20-15-31(28-47-30(3)43)38(27-35)39(44)41-25-11-6-7-12-26-48-40(32-13-9-8-10-14-32,33-16-21-36(45-4)22-17-33)34-18-23-37(46-5)24-19-34/h8-10,13-24,27,29,42H,6-7,11-12,25-26,28H2,1-5H3,(H,41,44). The van der Waals surface area contributed by atoms with E-state index >= 15 is 0 Å². The van der Waals surface area contributed by atoms with Gasteiger partial charge in [-0.3, -0.25) is 9.59 Å². The monoisotopic (exact) mass is 652 g/mol. The zero-order chi connectivity index (χ0) is 34.4. The molecule has 4 rings (SSSR count). The number of amides is 1. The largest absolute Gasteiger partial charge is 0.497 e. The van der Waals surface area contributed by atoms with E-state index in [4.69, 9.17) is 18.9 Å². The molecule has 0 aliphatic heterocycles. The molecule has 0 aromatic heterocycles. The van der Waals surface area contributed by atoms with Crippen LogP contribution in [-0.2, 0) is 26.5 Å². The van der Waals surface area contributed by atoms with Crippen LogP contribution in [0.15, 0.2) is 97.1 Å². The normalized spacial score (nSPS) is 11.2. The Kier molecular flexibility index (Phi) is 13.4. The summed E-state index contributed by atoms with van der Waals surface area (Å²) in [5.74, 6) is 0.995. The van der Waals surface area contributed by atoms with E-state index in [1.54, 1.807) is 14.2 Å². The van der Waals surface area contributed by atoms with Crippen LogP contribution in [0.2, 0.25) is 0 Å². The molecule has 0 atom stereocenters. The molecule has 0 aliphatic carbocycles. The van der Waals surface area contributed by atoms with Crippen molar-refractivity contribution in [3.05, 3.63) is 125 Å². The van der Waals surface area contributed by atoms with E-state index in [1.807, 2.05) is 74.5 Å². The molecule has 0 heterocycles. The zero-order valence-corrected chi connectivity index (χ0v) is 28.7. The Bertz CT molecular complexity index is 1540. The van der Waals surface area contributed by atoms with Gasteiger partial charge in [-0.1, -0.05) is 73.5 Å². The van der Waals surface area contributed by atoms with Crippen molar-refractivity contribution in [2.75, 3.05) is 32.7 Å². The Morgan fingerprint density at radius 3 is 1.88 bits per heavy atom. The molecule has 0 radical (unpaired) electrons. The first-order valence-electron chi connectivity index (χ1n) is 16.6. The van der Waals surface area contributed by atoms with Crippen molar-refractivity contribution in [3.63, 3.8) is 0 Å². The number of methoxy groups -OCH3 is 2. The highest BCUT2D eigenvalue weighted by Gasteiger charge is 2.37. The molecule has 0 saturated heterocycles. The minimum Gasteiger partial charge on any atom is -0.497 e. The van der Waals surface area contributed by atoms with Crippen LogP contribution in [0.1, 0.15) is 79.1 Å².